The molecule has 2 aromatic carbocycles. The van der Waals surface area contributed by atoms with Gasteiger partial charge in [-0.2, -0.15) is 0 Å². The number of amides is 2. The molecule has 1 atom stereocenters. The maximum absolute atomic E-state index is 13.1. The maximum atomic E-state index is 13.1. The standard InChI is InChI=1S/C25H28FN3O4/c26-21-4-1-18(2-5-21)7-8-29-16-20(14-24(29)30)25(31)28-11-9-27(10-12-28)15-19-3-6-22-23(13-19)33-17-32-22/h1-6,13,20H,7-12,14-17H2. The van der Waals surface area contributed by atoms with E-state index in [0.29, 0.717) is 32.6 Å². The normalized spacial score (nSPS) is 20.5. The number of hydrogen-bond acceptors (Lipinski definition) is 5. The molecule has 1 unspecified atom stereocenters. The number of carbonyl (C=O) groups is 2. The van der Waals surface area contributed by atoms with Gasteiger partial charge in [0.2, 0.25) is 18.6 Å². The number of fused-ring (bicyclic) bond motifs is 1. The van der Waals surface area contributed by atoms with E-state index in [1.807, 2.05) is 17.0 Å². The summed E-state index contributed by atoms with van der Waals surface area (Å²) in [7, 11) is 0. The predicted molar refractivity (Wildman–Crippen MR) is 119 cm³/mol. The Morgan fingerprint density at radius 2 is 1.70 bits per heavy atom. The van der Waals surface area contributed by atoms with Crippen molar-refractivity contribution < 1.29 is 23.5 Å². The van der Waals surface area contributed by atoms with E-state index in [9.17, 15) is 14.0 Å². The van der Waals surface area contributed by atoms with Crippen molar-refractivity contribution in [3.05, 3.63) is 59.4 Å². The molecule has 0 N–H and O–H groups in total. The highest BCUT2D eigenvalue weighted by Crippen LogP contribution is 2.33. The van der Waals surface area contributed by atoms with Crippen molar-refractivity contribution in [1.29, 1.82) is 0 Å². The Balaban J connectivity index is 1.09. The number of halogens is 1. The van der Waals surface area contributed by atoms with Gasteiger partial charge in [0.15, 0.2) is 11.5 Å². The van der Waals surface area contributed by atoms with E-state index in [4.69, 9.17) is 9.47 Å². The Kier molecular flexibility index (Phi) is 6.17. The highest BCUT2D eigenvalue weighted by atomic mass is 19.1. The minimum Gasteiger partial charge on any atom is -0.454 e. The third kappa shape index (κ3) is 4.95. The van der Waals surface area contributed by atoms with E-state index in [1.54, 1.807) is 17.0 Å². The number of piperazine rings is 1. The lowest BCUT2D eigenvalue weighted by molar-refractivity contribution is -0.137. The van der Waals surface area contributed by atoms with Crippen LogP contribution in [0.25, 0.3) is 0 Å². The molecule has 2 fully saturated rings. The fourth-order valence-corrected chi connectivity index (χ4v) is 4.75. The first-order valence-electron chi connectivity index (χ1n) is 11.5. The van der Waals surface area contributed by atoms with Crippen LogP contribution in [0.15, 0.2) is 42.5 Å². The fourth-order valence-electron chi connectivity index (χ4n) is 4.75. The van der Waals surface area contributed by atoms with Gasteiger partial charge in [-0.25, -0.2) is 4.39 Å². The number of nitrogens with zero attached hydrogens (tertiary/aromatic N) is 3. The molecule has 2 saturated heterocycles. The second-order valence-electron chi connectivity index (χ2n) is 8.91. The quantitative estimate of drug-likeness (QED) is 0.672. The summed E-state index contributed by atoms with van der Waals surface area (Å²) in [4.78, 5) is 31.5. The Labute approximate surface area is 192 Å². The highest BCUT2D eigenvalue weighted by molar-refractivity contribution is 5.89. The number of rotatable bonds is 6. The van der Waals surface area contributed by atoms with Gasteiger partial charge in [-0.3, -0.25) is 14.5 Å². The summed E-state index contributed by atoms with van der Waals surface area (Å²) in [6.07, 6.45) is 0.936. The zero-order valence-corrected chi connectivity index (χ0v) is 18.5. The van der Waals surface area contributed by atoms with E-state index in [2.05, 4.69) is 11.0 Å². The highest BCUT2D eigenvalue weighted by Gasteiger charge is 2.37. The van der Waals surface area contributed by atoms with Crippen LogP contribution in [0.1, 0.15) is 17.5 Å². The van der Waals surface area contributed by atoms with Crippen LogP contribution in [0.2, 0.25) is 0 Å². The summed E-state index contributed by atoms with van der Waals surface area (Å²) >= 11 is 0. The van der Waals surface area contributed by atoms with Crippen LogP contribution in [-0.4, -0.2) is 72.6 Å². The molecule has 33 heavy (non-hydrogen) atoms. The van der Waals surface area contributed by atoms with Crippen molar-refractivity contribution in [2.75, 3.05) is 46.1 Å². The average molecular weight is 454 g/mol. The zero-order valence-electron chi connectivity index (χ0n) is 18.5. The molecule has 5 rings (SSSR count). The van der Waals surface area contributed by atoms with E-state index in [0.717, 1.165) is 42.3 Å². The lowest BCUT2D eigenvalue weighted by Gasteiger charge is -2.36. The van der Waals surface area contributed by atoms with Crippen molar-refractivity contribution in [2.45, 2.75) is 19.4 Å². The second-order valence-corrected chi connectivity index (χ2v) is 8.91. The van der Waals surface area contributed by atoms with Crippen molar-refractivity contribution in [3.63, 3.8) is 0 Å². The van der Waals surface area contributed by atoms with Gasteiger partial charge in [-0.1, -0.05) is 18.2 Å². The summed E-state index contributed by atoms with van der Waals surface area (Å²) in [5, 5.41) is 0. The van der Waals surface area contributed by atoms with Gasteiger partial charge < -0.3 is 19.3 Å². The van der Waals surface area contributed by atoms with Crippen LogP contribution < -0.4 is 9.47 Å². The van der Waals surface area contributed by atoms with Crippen molar-refractivity contribution in [3.8, 4) is 11.5 Å². The first kappa shape index (κ1) is 21.7. The Bertz CT molecular complexity index is 1020. The molecule has 0 aromatic heterocycles. The first-order chi connectivity index (χ1) is 16.0. The van der Waals surface area contributed by atoms with Gasteiger partial charge in [0.25, 0.3) is 0 Å². The number of carbonyl (C=O) groups excluding carboxylic acids is 2. The predicted octanol–water partition coefficient (Wildman–Crippen LogP) is 2.29. The average Bonchev–Trinajstić information content (AvgIpc) is 3.45. The molecule has 3 aliphatic rings. The molecule has 3 aliphatic heterocycles. The second kappa shape index (κ2) is 9.39. The molecule has 0 aliphatic carbocycles. The topological polar surface area (TPSA) is 62.3 Å². The van der Waals surface area contributed by atoms with Crippen molar-refractivity contribution in [2.24, 2.45) is 5.92 Å². The Morgan fingerprint density at radius 3 is 2.48 bits per heavy atom. The third-order valence-electron chi connectivity index (χ3n) is 6.67. The molecule has 2 aromatic rings. The van der Waals surface area contributed by atoms with E-state index in [1.165, 1.54) is 12.1 Å². The van der Waals surface area contributed by atoms with E-state index in [-0.39, 0.29) is 36.8 Å². The van der Waals surface area contributed by atoms with Crippen LogP contribution in [0.4, 0.5) is 4.39 Å². The van der Waals surface area contributed by atoms with Crippen molar-refractivity contribution in [1.82, 2.24) is 14.7 Å². The minimum absolute atomic E-state index is 0.0249. The number of ether oxygens (including phenoxy) is 2. The van der Waals surface area contributed by atoms with E-state index >= 15 is 0 Å². The van der Waals surface area contributed by atoms with Crippen LogP contribution in [0.3, 0.4) is 0 Å². The molecule has 7 nitrogen and oxygen atoms in total. The largest absolute Gasteiger partial charge is 0.454 e. The maximum Gasteiger partial charge on any atom is 0.231 e. The van der Waals surface area contributed by atoms with Gasteiger partial charge in [0.05, 0.1) is 5.92 Å². The van der Waals surface area contributed by atoms with Gasteiger partial charge in [0.1, 0.15) is 5.82 Å². The van der Waals surface area contributed by atoms with Gasteiger partial charge in [-0.15, -0.1) is 0 Å². The molecule has 0 radical (unpaired) electrons. The number of benzene rings is 2. The molecule has 0 spiro atoms. The molecule has 8 heteroatoms. The molecule has 0 bridgehead atoms. The monoisotopic (exact) mass is 453 g/mol. The summed E-state index contributed by atoms with van der Waals surface area (Å²) in [5.41, 5.74) is 2.15. The van der Waals surface area contributed by atoms with E-state index < -0.39 is 0 Å². The van der Waals surface area contributed by atoms with Crippen LogP contribution in [0.5, 0.6) is 11.5 Å². The Hall–Kier alpha value is -3.13. The SMILES string of the molecule is O=C1CC(C(=O)N2CCN(Cc3ccc4c(c3)OCO4)CC2)CN1CCc1ccc(F)cc1. The first-order valence-corrected chi connectivity index (χ1v) is 11.5. The van der Waals surface area contributed by atoms with Crippen LogP contribution >= 0.6 is 0 Å². The number of hydrogen-bond donors (Lipinski definition) is 0. The summed E-state index contributed by atoms with van der Waals surface area (Å²) in [5.74, 6) is 1.14. The van der Waals surface area contributed by atoms with Crippen molar-refractivity contribution >= 4 is 11.8 Å². The minimum atomic E-state index is -0.272. The Morgan fingerprint density at radius 1 is 0.970 bits per heavy atom. The summed E-state index contributed by atoms with van der Waals surface area (Å²) in [6.45, 7) is 5.04. The molecule has 0 saturated carbocycles. The van der Waals surface area contributed by atoms with Crippen LogP contribution in [0, 0.1) is 11.7 Å². The lowest BCUT2D eigenvalue weighted by atomic mass is 10.1. The van der Waals surface area contributed by atoms with Gasteiger partial charge in [-0.05, 0) is 41.8 Å². The number of likely N-dealkylation sites (tertiary alicyclic amines) is 1. The smallest absolute Gasteiger partial charge is 0.231 e. The molecular weight excluding hydrogens is 425 g/mol. The van der Waals surface area contributed by atoms with Gasteiger partial charge >= 0.3 is 0 Å². The zero-order chi connectivity index (χ0) is 22.8. The van der Waals surface area contributed by atoms with Crippen LogP contribution in [-0.2, 0) is 22.6 Å². The third-order valence-corrected chi connectivity index (χ3v) is 6.67. The molecule has 174 valence electrons. The molecular formula is C25H28FN3O4. The lowest BCUT2D eigenvalue weighted by Crippen LogP contribution is -2.50. The molecule has 2 amide bonds. The fraction of sp³-hybridized carbons (Fsp3) is 0.440. The summed E-state index contributed by atoms with van der Waals surface area (Å²) < 4.78 is 23.9. The van der Waals surface area contributed by atoms with Gasteiger partial charge in [0, 0.05) is 52.2 Å². The summed E-state index contributed by atoms with van der Waals surface area (Å²) in [6, 6.07) is 12.3. The molecule has 3 heterocycles.